The molecule has 0 radical (unpaired) electrons. The summed E-state index contributed by atoms with van der Waals surface area (Å²) in [5, 5.41) is 8.77. The summed E-state index contributed by atoms with van der Waals surface area (Å²) in [4.78, 5) is 0. The van der Waals surface area contributed by atoms with Crippen LogP contribution in [0.5, 0.6) is 0 Å². The molecule has 0 bridgehead atoms. The minimum absolute atomic E-state index is 0. The standard InChI is InChI=1S/C6H14O2.H2O/c1-3-5-8-6(7)4-2;/h6-7H,3-5H2,1-2H3;1H2. The number of aliphatic hydroxyl groups is 1. The Morgan fingerprint density at radius 3 is 2.33 bits per heavy atom. The van der Waals surface area contributed by atoms with E-state index in [0.717, 1.165) is 6.42 Å². The third kappa shape index (κ3) is 7.88. The molecule has 0 spiro atoms. The summed E-state index contributed by atoms with van der Waals surface area (Å²) in [6.07, 6.45) is 1.10. The number of hydrogen-bond donors (Lipinski definition) is 1. The normalized spacial score (nSPS) is 12.3. The lowest BCUT2D eigenvalue weighted by Gasteiger charge is -2.06. The topological polar surface area (TPSA) is 61.0 Å². The summed E-state index contributed by atoms with van der Waals surface area (Å²) >= 11 is 0. The van der Waals surface area contributed by atoms with Crippen molar-refractivity contribution in [2.75, 3.05) is 6.61 Å². The van der Waals surface area contributed by atoms with Crippen LogP contribution in [0.4, 0.5) is 0 Å². The van der Waals surface area contributed by atoms with Crippen LogP contribution in [0.25, 0.3) is 0 Å². The summed E-state index contributed by atoms with van der Waals surface area (Å²) in [5.74, 6) is 0. The van der Waals surface area contributed by atoms with Gasteiger partial charge in [-0.2, -0.15) is 0 Å². The zero-order valence-corrected chi connectivity index (χ0v) is 6.05. The predicted molar refractivity (Wildman–Crippen MR) is 36.2 cm³/mol. The quantitative estimate of drug-likeness (QED) is 0.565. The van der Waals surface area contributed by atoms with Gasteiger partial charge in [-0.25, -0.2) is 0 Å². The first-order chi connectivity index (χ1) is 3.81. The van der Waals surface area contributed by atoms with Crippen molar-refractivity contribution < 1.29 is 15.3 Å². The van der Waals surface area contributed by atoms with E-state index < -0.39 is 6.29 Å². The minimum Gasteiger partial charge on any atom is -0.412 e. The van der Waals surface area contributed by atoms with Gasteiger partial charge in [0.05, 0.1) is 0 Å². The maximum absolute atomic E-state index is 8.77. The Kier molecular flexibility index (Phi) is 10.2. The highest BCUT2D eigenvalue weighted by molar-refractivity contribution is 4.32. The monoisotopic (exact) mass is 136 g/mol. The fourth-order valence-corrected chi connectivity index (χ4v) is 0.372. The van der Waals surface area contributed by atoms with Gasteiger partial charge in [-0.05, 0) is 12.8 Å². The summed E-state index contributed by atoms with van der Waals surface area (Å²) in [6, 6.07) is 0. The van der Waals surface area contributed by atoms with Crippen LogP contribution >= 0.6 is 0 Å². The van der Waals surface area contributed by atoms with Crippen molar-refractivity contribution in [1.29, 1.82) is 0 Å². The molecule has 1 unspecified atom stereocenters. The Morgan fingerprint density at radius 2 is 2.00 bits per heavy atom. The zero-order valence-electron chi connectivity index (χ0n) is 6.05. The molecule has 0 saturated heterocycles. The van der Waals surface area contributed by atoms with Gasteiger partial charge in [0.15, 0.2) is 6.29 Å². The molecule has 3 nitrogen and oxygen atoms in total. The molecular formula is C6H16O3. The third-order valence-electron chi connectivity index (χ3n) is 0.864. The molecule has 0 aliphatic carbocycles. The van der Waals surface area contributed by atoms with E-state index in [2.05, 4.69) is 0 Å². The maximum atomic E-state index is 8.77. The molecule has 9 heavy (non-hydrogen) atoms. The Balaban J connectivity index is 0. The number of aliphatic hydroxyl groups excluding tert-OH is 1. The first kappa shape index (κ1) is 11.6. The van der Waals surface area contributed by atoms with E-state index in [9.17, 15) is 0 Å². The molecule has 0 aliphatic heterocycles. The van der Waals surface area contributed by atoms with Crippen molar-refractivity contribution in [2.45, 2.75) is 33.0 Å². The van der Waals surface area contributed by atoms with Crippen LogP contribution in [0.2, 0.25) is 0 Å². The molecule has 0 saturated carbocycles. The summed E-state index contributed by atoms with van der Waals surface area (Å²) < 4.78 is 4.90. The molecule has 0 aliphatic rings. The van der Waals surface area contributed by atoms with Gasteiger partial charge in [-0.1, -0.05) is 13.8 Å². The predicted octanol–water partition coefficient (Wildman–Crippen LogP) is 0.317. The molecule has 0 fully saturated rings. The van der Waals surface area contributed by atoms with Gasteiger partial charge in [0.1, 0.15) is 0 Å². The van der Waals surface area contributed by atoms with Gasteiger partial charge in [-0.15, -0.1) is 0 Å². The summed E-state index contributed by atoms with van der Waals surface area (Å²) in [7, 11) is 0. The van der Waals surface area contributed by atoms with Gasteiger partial charge in [0, 0.05) is 6.61 Å². The van der Waals surface area contributed by atoms with E-state index in [-0.39, 0.29) is 5.48 Å². The Bertz CT molecular complexity index is 47.6. The number of hydrogen-bond acceptors (Lipinski definition) is 2. The van der Waals surface area contributed by atoms with Crippen LogP contribution in [-0.4, -0.2) is 23.5 Å². The lowest BCUT2D eigenvalue weighted by molar-refractivity contribution is -0.0996. The highest BCUT2D eigenvalue weighted by Gasteiger charge is 1.95. The van der Waals surface area contributed by atoms with Crippen LogP contribution in [0.3, 0.4) is 0 Å². The number of rotatable bonds is 4. The van der Waals surface area contributed by atoms with Crippen molar-refractivity contribution in [3.63, 3.8) is 0 Å². The summed E-state index contributed by atoms with van der Waals surface area (Å²) in [5.41, 5.74) is 0. The Labute approximate surface area is 56.0 Å². The lowest BCUT2D eigenvalue weighted by atomic mass is 10.5. The zero-order chi connectivity index (χ0) is 6.41. The van der Waals surface area contributed by atoms with Gasteiger partial charge in [0.2, 0.25) is 0 Å². The molecule has 0 amide bonds. The van der Waals surface area contributed by atoms with E-state index in [1.165, 1.54) is 0 Å². The first-order valence-corrected chi connectivity index (χ1v) is 3.11. The molecule has 58 valence electrons. The molecule has 1 atom stereocenters. The van der Waals surface area contributed by atoms with Crippen LogP contribution < -0.4 is 0 Å². The SMILES string of the molecule is CCCOC(O)CC.O. The smallest absolute Gasteiger partial charge is 0.154 e. The summed E-state index contributed by atoms with van der Waals surface area (Å²) in [6.45, 7) is 4.57. The van der Waals surface area contributed by atoms with Crippen molar-refractivity contribution in [2.24, 2.45) is 0 Å². The van der Waals surface area contributed by atoms with E-state index in [1.807, 2.05) is 13.8 Å². The van der Waals surface area contributed by atoms with E-state index in [0.29, 0.717) is 13.0 Å². The Morgan fingerprint density at radius 1 is 1.44 bits per heavy atom. The van der Waals surface area contributed by atoms with Crippen molar-refractivity contribution >= 4 is 0 Å². The molecule has 0 rings (SSSR count). The fraction of sp³-hybridized carbons (Fsp3) is 1.00. The van der Waals surface area contributed by atoms with Gasteiger partial charge in [-0.3, -0.25) is 0 Å². The van der Waals surface area contributed by atoms with Crippen LogP contribution in [0.1, 0.15) is 26.7 Å². The van der Waals surface area contributed by atoms with Crippen LogP contribution in [0, 0.1) is 0 Å². The minimum atomic E-state index is -0.546. The second-order valence-electron chi connectivity index (χ2n) is 1.73. The van der Waals surface area contributed by atoms with E-state index >= 15 is 0 Å². The van der Waals surface area contributed by atoms with E-state index in [1.54, 1.807) is 0 Å². The first-order valence-electron chi connectivity index (χ1n) is 3.11. The largest absolute Gasteiger partial charge is 0.412 e. The molecule has 0 aromatic heterocycles. The fourth-order valence-electron chi connectivity index (χ4n) is 0.372. The highest BCUT2D eigenvalue weighted by Crippen LogP contribution is 1.92. The molecular weight excluding hydrogens is 120 g/mol. The molecule has 0 heterocycles. The van der Waals surface area contributed by atoms with Crippen molar-refractivity contribution in [3.05, 3.63) is 0 Å². The third-order valence-corrected chi connectivity index (χ3v) is 0.864. The molecule has 0 aromatic carbocycles. The van der Waals surface area contributed by atoms with E-state index in [4.69, 9.17) is 9.84 Å². The van der Waals surface area contributed by atoms with Gasteiger partial charge < -0.3 is 15.3 Å². The van der Waals surface area contributed by atoms with Gasteiger partial charge in [0.25, 0.3) is 0 Å². The molecule has 3 N–H and O–H groups in total. The molecule has 0 aromatic rings. The highest BCUT2D eigenvalue weighted by atomic mass is 16.6. The average molecular weight is 136 g/mol. The Hall–Kier alpha value is -0.120. The second kappa shape index (κ2) is 7.88. The van der Waals surface area contributed by atoms with Crippen molar-refractivity contribution in [3.8, 4) is 0 Å². The lowest BCUT2D eigenvalue weighted by Crippen LogP contribution is -2.10. The van der Waals surface area contributed by atoms with Crippen molar-refractivity contribution in [1.82, 2.24) is 0 Å². The molecule has 3 heteroatoms. The second-order valence-corrected chi connectivity index (χ2v) is 1.73. The van der Waals surface area contributed by atoms with Gasteiger partial charge >= 0.3 is 0 Å². The maximum Gasteiger partial charge on any atom is 0.154 e. The average Bonchev–Trinajstić information content (AvgIpc) is 1.83. The van der Waals surface area contributed by atoms with Crippen LogP contribution in [0.15, 0.2) is 0 Å². The number of ether oxygens (including phenoxy) is 1. The van der Waals surface area contributed by atoms with Crippen LogP contribution in [-0.2, 0) is 4.74 Å².